The quantitative estimate of drug-likeness (QED) is 0.397. The molecule has 0 radical (unpaired) electrons. The molecule has 0 aliphatic carbocycles. The monoisotopic (exact) mass is 610 g/mol. The van der Waals surface area contributed by atoms with E-state index in [4.69, 9.17) is 21.2 Å². The van der Waals surface area contributed by atoms with E-state index in [1.807, 2.05) is 12.1 Å². The lowest BCUT2D eigenvalue weighted by Crippen LogP contribution is -2.43. The van der Waals surface area contributed by atoms with Gasteiger partial charge in [-0.15, -0.1) is 22.7 Å². The first-order valence-corrected chi connectivity index (χ1v) is 16.1. The van der Waals surface area contributed by atoms with Crippen molar-refractivity contribution in [3.8, 4) is 9.75 Å². The standard InChI is InChI=1S/C25H27ClN4O6S3/c26-21-7-5-19(38-21)18-4-6-20(37-18)25(15-22(31)29-36-23-3-1-2-13-35-23)8-11-30(12-14-39(25,33)34)24(32)17-16-27-9-10-28-17/h4-7,9-10,16,23H,1-3,8,11-15H2,(H,29,31). The van der Waals surface area contributed by atoms with Crippen LogP contribution in [0.1, 0.15) is 47.5 Å². The Hall–Kier alpha value is -2.42. The predicted octanol–water partition coefficient (Wildman–Crippen LogP) is 4.04. The highest BCUT2D eigenvalue weighted by atomic mass is 35.5. The van der Waals surface area contributed by atoms with Crippen LogP contribution in [0.25, 0.3) is 9.75 Å². The van der Waals surface area contributed by atoms with Gasteiger partial charge in [-0.25, -0.2) is 23.7 Å². The Morgan fingerprint density at radius 1 is 1.15 bits per heavy atom. The Kier molecular flexibility index (Phi) is 8.64. The van der Waals surface area contributed by atoms with Gasteiger partial charge in [-0.1, -0.05) is 11.6 Å². The fourth-order valence-electron chi connectivity index (χ4n) is 4.74. The van der Waals surface area contributed by atoms with Crippen molar-refractivity contribution in [3.05, 3.63) is 57.8 Å². The van der Waals surface area contributed by atoms with Crippen molar-refractivity contribution in [1.82, 2.24) is 20.3 Å². The number of rotatable bonds is 7. The molecule has 39 heavy (non-hydrogen) atoms. The molecule has 2 aliphatic rings. The number of carbonyl (C=O) groups excluding carboxylic acids is 2. The van der Waals surface area contributed by atoms with E-state index in [-0.39, 0.29) is 37.4 Å². The zero-order valence-electron chi connectivity index (χ0n) is 20.9. The summed E-state index contributed by atoms with van der Waals surface area (Å²) < 4.78 is 32.6. The number of halogens is 1. The largest absolute Gasteiger partial charge is 0.350 e. The molecule has 2 atom stereocenters. The average molecular weight is 611 g/mol. The van der Waals surface area contributed by atoms with Crippen LogP contribution in [0.3, 0.4) is 0 Å². The molecule has 1 N–H and O–H groups in total. The summed E-state index contributed by atoms with van der Waals surface area (Å²) in [5.74, 6) is -1.29. The number of hydrogen-bond acceptors (Lipinski definition) is 10. The van der Waals surface area contributed by atoms with Crippen LogP contribution >= 0.6 is 34.3 Å². The van der Waals surface area contributed by atoms with Crippen LogP contribution in [0.5, 0.6) is 0 Å². The molecule has 2 unspecified atom stereocenters. The van der Waals surface area contributed by atoms with E-state index in [9.17, 15) is 18.0 Å². The highest BCUT2D eigenvalue weighted by molar-refractivity contribution is 7.92. The molecule has 5 rings (SSSR count). The minimum absolute atomic E-state index is 0.0215. The third-order valence-corrected chi connectivity index (χ3v) is 12.2. The van der Waals surface area contributed by atoms with Gasteiger partial charge in [0.15, 0.2) is 16.1 Å². The summed E-state index contributed by atoms with van der Waals surface area (Å²) in [7, 11) is -3.91. The molecule has 0 spiro atoms. The molecule has 10 nitrogen and oxygen atoms in total. The SMILES string of the molecule is O=C(CC1(c2ccc(-c3ccc(Cl)s3)s2)CCN(C(=O)c2cnccn2)CCS1(=O)=O)NOC1CCCCO1. The smallest absolute Gasteiger partial charge is 0.274 e. The van der Waals surface area contributed by atoms with Crippen LogP contribution in [0.2, 0.25) is 4.34 Å². The van der Waals surface area contributed by atoms with Crippen molar-refractivity contribution in [2.45, 2.75) is 43.1 Å². The molecule has 2 amide bonds. The topological polar surface area (TPSA) is 128 Å². The summed E-state index contributed by atoms with van der Waals surface area (Å²) in [6.07, 6.45) is 5.81. The molecule has 0 bridgehead atoms. The van der Waals surface area contributed by atoms with Crippen LogP contribution in [-0.2, 0) is 29.0 Å². The average Bonchev–Trinajstić information content (AvgIpc) is 3.58. The maximum Gasteiger partial charge on any atom is 0.274 e. The van der Waals surface area contributed by atoms with Gasteiger partial charge in [0.05, 0.1) is 22.7 Å². The highest BCUT2D eigenvalue weighted by Gasteiger charge is 2.50. The number of ether oxygens (including phenoxy) is 1. The normalized spacial score (nSPS) is 23.2. The first-order chi connectivity index (χ1) is 18.8. The van der Waals surface area contributed by atoms with E-state index < -0.39 is 32.7 Å². The van der Waals surface area contributed by atoms with Gasteiger partial charge < -0.3 is 9.64 Å². The van der Waals surface area contributed by atoms with Crippen LogP contribution in [0.4, 0.5) is 0 Å². The van der Waals surface area contributed by atoms with E-state index in [1.54, 1.807) is 12.1 Å². The van der Waals surface area contributed by atoms with E-state index in [0.29, 0.717) is 22.2 Å². The molecule has 5 heterocycles. The molecule has 3 aromatic rings. The lowest BCUT2D eigenvalue weighted by molar-refractivity contribution is -0.200. The second-order valence-corrected chi connectivity index (χ2v) is 14.5. The maximum atomic E-state index is 14.0. The minimum Gasteiger partial charge on any atom is -0.350 e. The second kappa shape index (κ2) is 12.0. The third kappa shape index (κ3) is 6.18. The van der Waals surface area contributed by atoms with E-state index in [0.717, 1.165) is 22.6 Å². The van der Waals surface area contributed by atoms with E-state index in [1.165, 1.54) is 46.2 Å². The summed E-state index contributed by atoms with van der Waals surface area (Å²) in [5.41, 5.74) is 2.55. The number of hydrogen-bond donors (Lipinski definition) is 1. The van der Waals surface area contributed by atoms with Gasteiger partial charge in [0.25, 0.3) is 5.91 Å². The zero-order valence-corrected chi connectivity index (χ0v) is 24.1. The van der Waals surface area contributed by atoms with Gasteiger partial charge in [-0.2, -0.15) is 0 Å². The van der Waals surface area contributed by atoms with Crippen LogP contribution < -0.4 is 5.48 Å². The van der Waals surface area contributed by atoms with Crippen LogP contribution in [0, 0.1) is 0 Å². The number of thiophene rings is 2. The fourth-order valence-corrected chi connectivity index (χ4v) is 9.47. The number of nitrogens with one attached hydrogen (secondary N) is 1. The molecule has 2 aliphatic heterocycles. The number of hydroxylamine groups is 1. The summed E-state index contributed by atoms with van der Waals surface area (Å²) in [5, 5.41) is 0. The Morgan fingerprint density at radius 3 is 2.69 bits per heavy atom. The summed E-state index contributed by atoms with van der Waals surface area (Å²) in [6, 6.07) is 7.26. The summed E-state index contributed by atoms with van der Waals surface area (Å²) in [4.78, 5) is 43.5. The van der Waals surface area contributed by atoms with Crippen molar-refractivity contribution < 1.29 is 27.6 Å². The number of aromatic nitrogens is 2. The van der Waals surface area contributed by atoms with Crippen molar-refractivity contribution >= 4 is 55.9 Å². The van der Waals surface area contributed by atoms with Crippen molar-refractivity contribution in [2.24, 2.45) is 0 Å². The molecule has 2 fully saturated rings. The molecular formula is C25H27ClN4O6S3. The summed E-state index contributed by atoms with van der Waals surface area (Å²) >= 11 is 8.83. The fraction of sp³-hybridized carbons (Fsp3) is 0.440. The molecule has 2 saturated heterocycles. The minimum atomic E-state index is -3.91. The molecule has 208 valence electrons. The lowest BCUT2D eigenvalue weighted by Gasteiger charge is -2.31. The number of nitrogens with zero attached hydrogens (tertiary/aromatic N) is 3. The van der Waals surface area contributed by atoms with Crippen molar-refractivity contribution in [3.63, 3.8) is 0 Å². The van der Waals surface area contributed by atoms with E-state index in [2.05, 4.69) is 15.4 Å². The second-order valence-electron chi connectivity index (χ2n) is 9.33. The number of carbonyl (C=O) groups is 2. The van der Waals surface area contributed by atoms with Gasteiger partial charge >= 0.3 is 0 Å². The van der Waals surface area contributed by atoms with Gasteiger partial charge in [-0.3, -0.25) is 14.6 Å². The zero-order chi connectivity index (χ0) is 27.5. The predicted molar refractivity (Wildman–Crippen MR) is 148 cm³/mol. The lowest BCUT2D eigenvalue weighted by atomic mass is 9.97. The van der Waals surface area contributed by atoms with Gasteiger partial charge in [-0.05, 0) is 43.5 Å². The Bertz CT molecular complexity index is 1420. The first kappa shape index (κ1) is 28.1. The van der Waals surface area contributed by atoms with Gasteiger partial charge in [0, 0.05) is 53.1 Å². The van der Waals surface area contributed by atoms with Crippen molar-refractivity contribution in [1.29, 1.82) is 0 Å². The van der Waals surface area contributed by atoms with E-state index >= 15 is 0 Å². The third-order valence-electron chi connectivity index (χ3n) is 6.84. The maximum absolute atomic E-state index is 14.0. The molecule has 0 saturated carbocycles. The van der Waals surface area contributed by atoms with Crippen molar-refractivity contribution in [2.75, 3.05) is 25.4 Å². The molecule has 14 heteroatoms. The molecule has 0 aromatic carbocycles. The number of amides is 2. The molecular weight excluding hydrogens is 584 g/mol. The first-order valence-electron chi connectivity index (χ1n) is 12.5. The van der Waals surface area contributed by atoms with Crippen LogP contribution in [0.15, 0.2) is 42.9 Å². The Morgan fingerprint density at radius 2 is 1.97 bits per heavy atom. The van der Waals surface area contributed by atoms with Gasteiger partial charge in [0.2, 0.25) is 5.91 Å². The number of sulfone groups is 1. The molecule has 3 aromatic heterocycles. The summed E-state index contributed by atoms with van der Waals surface area (Å²) in [6.45, 7) is 0.637. The van der Waals surface area contributed by atoms with Crippen LogP contribution in [-0.4, -0.2) is 66.8 Å². The van der Waals surface area contributed by atoms with Gasteiger partial charge in [0.1, 0.15) is 10.4 Å². The Balaban J connectivity index is 1.44. The highest BCUT2D eigenvalue weighted by Crippen LogP contribution is 2.46. The Labute approximate surface area is 239 Å².